The largest absolute Gasteiger partial charge is 0.311 e. The lowest BCUT2D eigenvalue weighted by Gasteiger charge is -2.25. The lowest BCUT2D eigenvalue weighted by molar-refractivity contribution is 0.506. The predicted molar refractivity (Wildman–Crippen MR) is 68.6 cm³/mol. The molecule has 2 unspecified atom stereocenters. The first kappa shape index (κ1) is 11.9. The Kier molecular flexibility index (Phi) is 2.58. The molecule has 1 fully saturated rings. The molecule has 1 aromatic heterocycles. The Labute approximate surface area is 106 Å². The van der Waals surface area contributed by atoms with Crippen molar-refractivity contribution in [2.24, 2.45) is 5.73 Å². The Morgan fingerprint density at radius 3 is 2.94 bits per heavy atom. The van der Waals surface area contributed by atoms with Gasteiger partial charge < -0.3 is 5.73 Å². The molecule has 1 saturated heterocycles. The predicted octanol–water partition coefficient (Wildman–Crippen LogP) is -0.141. The minimum absolute atomic E-state index is 0.0726. The van der Waals surface area contributed by atoms with Gasteiger partial charge in [0, 0.05) is 11.3 Å². The fourth-order valence-corrected chi connectivity index (χ4v) is 4.23. The molecule has 2 aliphatic rings. The van der Waals surface area contributed by atoms with Crippen LogP contribution in [0.15, 0.2) is 12.1 Å². The van der Waals surface area contributed by atoms with Crippen molar-refractivity contribution >= 4 is 15.7 Å². The Morgan fingerprint density at radius 1 is 1.50 bits per heavy atom. The zero-order valence-electron chi connectivity index (χ0n) is 10.1. The van der Waals surface area contributed by atoms with E-state index in [0.29, 0.717) is 6.42 Å². The maximum absolute atomic E-state index is 11.6. The topological polar surface area (TPSA) is 88.3 Å². The second-order valence-corrected chi connectivity index (χ2v) is 7.13. The zero-order chi connectivity index (χ0) is 12.9. The van der Waals surface area contributed by atoms with Gasteiger partial charge in [-0.15, -0.1) is 0 Å². The third kappa shape index (κ3) is 1.88. The lowest BCUT2D eigenvalue weighted by Crippen LogP contribution is -2.45. The van der Waals surface area contributed by atoms with Crippen molar-refractivity contribution < 1.29 is 8.42 Å². The molecular weight excluding hydrogens is 252 g/mol. The second-order valence-electron chi connectivity index (χ2n) is 4.90. The van der Waals surface area contributed by atoms with E-state index < -0.39 is 9.84 Å². The molecule has 0 spiro atoms. The van der Waals surface area contributed by atoms with Crippen LogP contribution < -0.4 is 16.2 Å². The van der Waals surface area contributed by atoms with Crippen molar-refractivity contribution in [1.82, 2.24) is 10.4 Å². The Morgan fingerprint density at radius 2 is 2.28 bits per heavy atom. The van der Waals surface area contributed by atoms with Crippen LogP contribution in [-0.2, 0) is 9.84 Å². The van der Waals surface area contributed by atoms with E-state index in [-0.39, 0.29) is 23.7 Å². The highest BCUT2D eigenvalue weighted by Crippen LogP contribution is 2.32. The molecule has 0 saturated carbocycles. The van der Waals surface area contributed by atoms with Crippen LogP contribution in [-0.4, -0.2) is 30.9 Å². The molecule has 1 aromatic rings. The maximum Gasteiger partial charge on any atom is 0.152 e. The highest BCUT2D eigenvalue weighted by Gasteiger charge is 2.38. The molecule has 7 heteroatoms. The van der Waals surface area contributed by atoms with Crippen molar-refractivity contribution in [1.29, 1.82) is 0 Å². The van der Waals surface area contributed by atoms with E-state index in [2.05, 4.69) is 10.4 Å². The molecule has 0 aromatic carbocycles. The number of nitrogens with zero attached hydrogens (tertiary/aromatic N) is 2. The first-order chi connectivity index (χ1) is 8.46. The third-order valence-corrected chi connectivity index (χ3v) is 5.21. The molecule has 98 valence electrons. The molecule has 6 nitrogen and oxygen atoms in total. The summed E-state index contributed by atoms with van der Waals surface area (Å²) < 4.78 is 23.1. The molecule has 2 aliphatic heterocycles. The molecule has 3 N–H and O–H groups in total. The smallest absolute Gasteiger partial charge is 0.152 e. The van der Waals surface area contributed by atoms with E-state index in [9.17, 15) is 8.42 Å². The van der Waals surface area contributed by atoms with Crippen LogP contribution in [0.4, 0.5) is 5.82 Å². The van der Waals surface area contributed by atoms with Crippen molar-refractivity contribution in [3.8, 4) is 0 Å². The van der Waals surface area contributed by atoms with E-state index in [1.165, 1.54) is 0 Å². The molecule has 3 heterocycles. The van der Waals surface area contributed by atoms with Gasteiger partial charge in [-0.3, -0.25) is 5.01 Å². The third-order valence-electron chi connectivity index (χ3n) is 3.46. The molecule has 0 bridgehead atoms. The van der Waals surface area contributed by atoms with Crippen molar-refractivity contribution in [3.63, 3.8) is 0 Å². The molecule has 0 radical (unpaired) electrons. The number of sulfone groups is 1. The maximum atomic E-state index is 11.6. The van der Waals surface area contributed by atoms with Gasteiger partial charge in [-0.1, -0.05) is 6.07 Å². The van der Waals surface area contributed by atoms with Crippen LogP contribution in [0.3, 0.4) is 0 Å². The number of hydrogen-bond donors (Lipinski definition) is 2. The van der Waals surface area contributed by atoms with Crippen LogP contribution in [0.25, 0.3) is 0 Å². The van der Waals surface area contributed by atoms with Crippen molar-refractivity contribution in [3.05, 3.63) is 23.4 Å². The molecule has 18 heavy (non-hydrogen) atoms. The van der Waals surface area contributed by atoms with Gasteiger partial charge in [0.2, 0.25) is 0 Å². The average Bonchev–Trinajstić information content (AvgIpc) is 2.80. The van der Waals surface area contributed by atoms with Gasteiger partial charge in [0.15, 0.2) is 9.84 Å². The summed E-state index contributed by atoms with van der Waals surface area (Å²) in [5, 5.41) is 1.83. The monoisotopic (exact) mass is 268 g/mol. The summed E-state index contributed by atoms with van der Waals surface area (Å²) in [7, 11) is -2.91. The summed E-state index contributed by atoms with van der Waals surface area (Å²) in [6.07, 6.45) is 0.313. The minimum atomic E-state index is -2.91. The number of hydrazine groups is 1. The Bertz CT molecular complexity index is 587. The van der Waals surface area contributed by atoms with Crippen molar-refractivity contribution in [2.45, 2.75) is 25.6 Å². The average molecular weight is 268 g/mol. The van der Waals surface area contributed by atoms with Crippen molar-refractivity contribution in [2.75, 3.05) is 16.5 Å². The van der Waals surface area contributed by atoms with E-state index in [1.54, 1.807) is 0 Å². The Hall–Kier alpha value is -1.18. The summed E-state index contributed by atoms with van der Waals surface area (Å²) >= 11 is 0. The van der Waals surface area contributed by atoms with Crippen LogP contribution in [0, 0.1) is 6.92 Å². The van der Waals surface area contributed by atoms with Gasteiger partial charge in [-0.25, -0.2) is 18.8 Å². The number of nitrogens with one attached hydrogen (secondary N) is 1. The lowest BCUT2D eigenvalue weighted by atomic mass is 10.2. The minimum Gasteiger partial charge on any atom is -0.311 e. The van der Waals surface area contributed by atoms with E-state index in [0.717, 1.165) is 17.1 Å². The van der Waals surface area contributed by atoms with Crippen LogP contribution in [0.5, 0.6) is 0 Å². The summed E-state index contributed by atoms with van der Waals surface area (Å²) in [6.45, 7) is 1.91. The number of nitrogens with two attached hydrogens (primary N) is 1. The highest BCUT2D eigenvalue weighted by atomic mass is 32.2. The fourth-order valence-electron chi connectivity index (χ4n) is 2.53. The first-order valence-electron chi connectivity index (χ1n) is 5.95. The summed E-state index contributed by atoms with van der Waals surface area (Å²) in [6, 6.07) is 3.78. The number of rotatable bonds is 1. The van der Waals surface area contributed by atoms with Gasteiger partial charge in [-0.05, 0) is 19.4 Å². The quantitative estimate of drug-likeness (QED) is 0.737. The van der Waals surface area contributed by atoms with E-state index >= 15 is 0 Å². The number of aryl methyl sites for hydroxylation is 1. The summed E-state index contributed by atoms with van der Waals surface area (Å²) in [5.74, 6) is 1.18. The Balaban J connectivity index is 1.95. The summed E-state index contributed by atoms with van der Waals surface area (Å²) in [5.41, 5.74) is 10.9. The van der Waals surface area contributed by atoms with Gasteiger partial charge in [-0.2, -0.15) is 0 Å². The van der Waals surface area contributed by atoms with Crippen LogP contribution in [0.2, 0.25) is 0 Å². The highest BCUT2D eigenvalue weighted by molar-refractivity contribution is 7.91. The fraction of sp³-hybridized carbons (Fsp3) is 0.545. The first-order valence-corrected chi connectivity index (χ1v) is 7.77. The number of aromatic nitrogens is 1. The number of pyridine rings is 1. The van der Waals surface area contributed by atoms with Gasteiger partial charge >= 0.3 is 0 Å². The van der Waals surface area contributed by atoms with E-state index in [1.807, 2.05) is 24.1 Å². The number of fused-ring (bicyclic) bond motifs is 1. The molecule has 0 aliphatic carbocycles. The van der Waals surface area contributed by atoms with Crippen LogP contribution in [0.1, 0.15) is 23.8 Å². The van der Waals surface area contributed by atoms with Gasteiger partial charge in [0.1, 0.15) is 12.0 Å². The molecular formula is C11H16N4O2S. The summed E-state index contributed by atoms with van der Waals surface area (Å²) in [4.78, 5) is 4.47. The van der Waals surface area contributed by atoms with E-state index in [4.69, 9.17) is 5.73 Å². The number of anilines is 1. The van der Waals surface area contributed by atoms with Crippen LogP contribution >= 0.6 is 0 Å². The molecule has 0 amide bonds. The normalized spacial score (nSPS) is 29.6. The SMILES string of the molecule is Cc1ccc2c(n1)N(C1CCS(=O)(=O)C1)NC2N. The molecule has 2 atom stereocenters. The van der Waals surface area contributed by atoms with Gasteiger partial charge in [0.25, 0.3) is 0 Å². The van der Waals surface area contributed by atoms with Gasteiger partial charge in [0.05, 0.1) is 17.5 Å². The standard InChI is InChI=1S/C11H16N4O2S/c1-7-2-3-9-10(12)14-15(11(9)13-7)8-4-5-18(16,17)6-8/h2-3,8,10,14H,4-6,12H2,1H3. The molecule has 3 rings (SSSR count). The zero-order valence-corrected chi connectivity index (χ0v) is 10.9. The second kappa shape index (κ2) is 3.91. The number of hydrogen-bond acceptors (Lipinski definition) is 6.